The lowest BCUT2D eigenvalue weighted by atomic mass is 9.87. The third kappa shape index (κ3) is 2.96. The van der Waals surface area contributed by atoms with E-state index in [1.54, 1.807) is 0 Å². The summed E-state index contributed by atoms with van der Waals surface area (Å²) in [5, 5.41) is 2.96. The van der Waals surface area contributed by atoms with Gasteiger partial charge in [0.25, 0.3) is 0 Å². The number of fused-ring (bicyclic) bond motifs is 2. The van der Waals surface area contributed by atoms with Crippen molar-refractivity contribution in [1.29, 1.82) is 0 Å². The number of hydrogen-bond acceptors (Lipinski definition) is 4. The zero-order valence-electron chi connectivity index (χ0n) is 14.7. The molecular formula is C19H24N4O3. The molecule has 3 N–H and O–H groups in total. The number of nitrogens with two attached hydrogens (primary N) is 1. The van der Waals surface area contributed by atoms with Gasteiger partial charge in [-0.3, -0.25) is 14.4 Å². The Balaban J connectivity index is 1.52. The molecule has 2 aliphatic heterocycles. The summed E-state index contributed by atoms with van der Waals surface area (Å²) in [6.07, 6.45) is 3.73. The van der Waals surface area contributed by atoms with Gasteiger partial charge in [0.15, 0.2) is 0 Å². The van der Waals surface area contributed by atoms with Crippen LogP contribution < -0.4 is 11.1 Å². The number of rotatable bonds is 0. The zero-order chi connectivity index (χ0) is 18.3. The summed E-state index contributed by atoms with van der Waals surface area (Å²) < 4.78 is 0. The van der Waals surface area contributed by atoms with Crippen LogP contribution in [0, 0.1) is 0 Å². The van der Waals surface area contributed by atoms with Gasteiger partial charge in [-0.05, 0) is 24.0 Å². The zero-order valence-corrected chi connectivity index (χ0v) is 14.7. The van der Waals surface area contributed by atoms with Crippen LogP contribution in [-0.4, -0.2) is 52.7 Å². The first-order valence-corrected chi connectivity index (χ1v) is 9.27. The summed E-state index contributed by atoms with van der Waals surface area (Å²) in [6, 6.07) is 7.31. The van der Waals surface area contributed by atoms with Crippen LogP contribution in [-0.2, 0) is 20.9 Å². The van der Waals surface area contributed by atoms with E-state index in [0.717, 1.165) is 36.8 Å². The summed E-state index contributed by atoms with van der Waals surface area (Å²) in [5.74, 6) is -1.33. The normalized spacial score (nSPS) is 28.0. The highest BCUT2D eigenvalue weighted by molar-refractivity contribution is 6.35. The molecular weight excluding hydrogens is 332 g/mol. The highest BCUT2D eigenvalue weighted by Gasteiger charge is 2.42. The average Bonchev–Trinajstić information content (AvgIpc) is 2.66. The maximum absolute atomic E-state index is 12.9. The van der Waals surface area contributed by atoms with Gasteiger partial charge in [0.2, 0.25) is 5.91 Å². The second-order valence-corrected chi connectivity index (χ2v) is 7.45. The number of piperazine rings is 1. The second-order valence-electron chi connectivity index (χ2n) is 7.45. The monoisotopic (exact) mass is 356 g/mol. The number of nitrogens with one attached hydrogen (secondary N) is 1. The van der Waals surface area contributed by atoms with Crippen LogP contribution in [0.4, 0.5) is 0 Å². The van der Waals surface area contributed by atoms with Gasteiger partial charge in [-0.2, -0.15) is 0 Å². The van der Waals surface area contributed by atoms with Crippen molar-refractivity contribution in [1.82, 2.24) is 15.1 Å². The Morgan fingerprint density at radius 3 is 2.69 bits per heavy atom. The van der Waals surface area contributed by atoms with Gasteiger partial charge < -0.3 is 20.9 Å². The third-order valence-electron chi connectivity index (χ3n) is 5.75. The summed E-state index contributed by atoms with van der Waals surface area (Å²) in [4.78, 5) is 40.8. The molecule has 7 nitrogen and oxygen atoms in total. The minimum absolute atomic E-state index is 0.0360. The number of carbonyl (C=O) groups excluding carboxylic acids is 3. The molecule has 138 valence electrons. The number of benzene rings is 1. The molecule has 7 heteroatoms. The van der Waals surface area contributed by atoms with Crippen molar-refractivity contribution in [2.75, 3.05) is 13.1 Å². The summed E-state index contributed by atoms with van der Waals surface area (Å²) in [7, 11) is 0. The van der Waals surface area contributed by atoms with Gasteiger partial charge in [0.05, 0.1) is 6.04 Å². The van der Waals surface area contributed by atoms with Gasteiger partial charge >= 0.3 is 11.8 Å². The topological polar surface area (TPSA) is 95.7 Å². The van der Waals surface area contributed by atoms with Crippen LogP contribution in [0.15, 0.2) is 24.3 Å². The van der Waals surface area contributed by atoms with Crippen molar-refractivity contribution in [3.63, 3.8) is 0 Å². The van der Waals surface area contributed by atoms with Crippen LogP contribution in [0.3, 0.4) is 0 Å². The van der Waals surface area contributed by atoms with Crippen molar-refractivity contribution < 1.29 is 14.4 Å². The Hall–Kier alpha value is -2.41. The molecule has 0 radical (unpaired) electrons. The minimum atomic E-state index is -0.580. The lowest BCUT2D eigenvalue weighted by Crippen LogP contribution is -2.65. The fraction of sp³-hybridized carbons (Fsp3) is 0.526. The first-order chi connectivity index (χ1) is 12.5. The molecule has 3 aliphatic rings. The molecule has 3 amide bonds. The molecule has 1 aromatic rings. The molecule has 2 heterocycles. The standard InChI is InChI=1S/C19H24N4O3/c20-14-10-22(9-12-5-1-2-6-13(12)14)18(25)19(26)23-11-17(24)21-15-7-3-4-8-16(15)23/h1-2,5-6,14-16H,3-4,7-11,20H2,(H,21,24). The van der Waals surface area contributed by atoms with E-state index >= 15 is 0 Å². The quantitative estimate of drug-likeness (QED) is 0.654. The van der Waals surface area contributed by atoms with E-state index in [4.69, 9.17) is 5.73 Å². The molecule has 1 saturated carbocycles. The second kappa shape index (κ2) is 6.72. The van der Waals surface area contributed by atoms with E-state index in [9.17, 15) is 14.4 Å². The first-order valence-electron chi connectivity index (χ1n) is 9.27. The molecule has 3 unspecified atom stereocenters. The van der Waals surface area contributed by atoms with Gasteiger partial charge in [-0.25, -0.2) is 0 Å². The van der Waals surface area contributed by atoms with Crippen molar-refractivity contribution in [3.05, 3.63) is 35.4 Å². The van der Waals surface area contributed by atoms with Gasteiger partial charge in [0.1, 0.15) is 6.54 Å². The maximum Gasteiger partial charge on any atom is 0.312 e. The molecule has 4 rings (SSSR count). The fourth-order valence-corrected chi connectivity index (χ4v) is 4.46. The van der Waals surface area contributed by atoms with Gasteiger partial charge in [-0.15, -0.1) is 0 Å². The van der Waals surface area contributed by atoms with E-state index in [1.807, 2.05) is 24.3 Å². The van der Waals surface area contributed by atoms with Crippen LogP contribution in [0.1, 0.15) is 42.9 Å². The van der Waals surface area contributed by atoms with Gasteiger partial charge in [-0.1, -0.05) is 37.1 Å². The fourth-order valence-electron chi connectivity index (χ4n) is 4.46. The van der Waals surface area contributed by atoms with E-state index in [1.165, 1.54) is 9.80 Å². The predicted octanol–water partition coefficient (Wildman–Crippen LogP) is 0.298. The highest BCUT2D eigenvalue weighted by atomic mass is 16.2. The van der Waals surface area contributed by atoms with Crippen LogP contribution in [0.25, 0.3) is 0 Å². The molecule has 0 aromatic heterocycles. The van der Waals surface area contributed by atoms with Crippen molar-refractivity contribution in [3.8, 4) is 0 Å². The average molecular weight is 356 g/mol. The Kier molecular flexibility index (Phi) is 4.40. The molecule has 2 fully saturated rings. The summed E-state index contributed by atoms with van der Waals surface area (Å²) in [6.45, 7) is 0.653. The lowest BCUT2D eigenvalue weighted by molar-refractivity contribution is -0.157. The first kappa shape index (κ1) is 17.0. The van der Waals surface area contributed by atoms with E-state index in [-0.39, 0.29) is 30.6 Å². The third-order valence-corrected chi connectivity index (χ3v) is 5.75. The van der Waals surface area contributed by atoms with E-state index in [0.29, 0.717) is 13.1 Å². The van der Waals surface area contributed by atoms with Crippen LogP contribution in [0.5, 0.6) is 0 Å². The molecule has 1 aromatic carbocycles. The van der Waals surface area contributed by atoms with Gasteiger partial charge in [0, 0.05) is 25.2 Å². The molecule has 26 heavy (non-hydrogen) atoms. The number of amides is 3. The molecule has 1 aliphatic carbocycles. The van der Waals surface area contributed by atoms with Crippen molar-refractivity contribution in [2.24, 2.45) is 5.73 Å². The Morgan fingerprint density at radius 1 is 1.08 bits per heavy atom. The molecule has 1 saturated heterocycles. The SMILES string of the molecule is NC1CN(C(=O)C(=O)N2CC(=O)NC3CCCCC32)Cc2ccccc21. The Labute approximate surface area is 152 Å². The van der Waals surface area contributed by atoms with Crippen LogP contribution in [0.2, 0.25) is 0 Å². The molecule has 0 bridgehead atoms. The molecule has 0 spiro atoms. The predicted molar refractivity (Wildman–Crippen MR) is 94.7 cm³/mol. The Morgan fingerprint density at radius 2 is 1.85 bits per heavy atom. The Bertz CT molecular complexity index is 750. The highest BCUT2D eigenvalue weighted by Crippen LogP contribution is 2.28. The largest absolute Gasteiger partial charge is 0.350 e. The number of carbonyl (C=O) groups is 3. The summed E-state index contributed by atoms with van der Waals surface area (Å²) >= 11 is 0. The van der Waals surface area contributed by atoms with E-state index < -0.39 is 11.8 Å². The lowest BCUT2D eigenvalue weighted by Gasteiger charge is -2.44. The minimum Gasteiger partial charge on any atom is -0.350 e. The number of nitrogens with zero attached hydrogens (tertiary/aromatic N) is 2. The maximum atomic E-state index is 12.9. The van der Waals surface area contributed by atoms with Crippen molar-refractivity contribution >= 4 is 17.7 Å². The number of hydrogen-bond donors (Lipinski definition) is 2. The smallest absolute Gasteiger partial charge is 0.312 e. The van der Waals surface area contributed by atoms with E-state index in [2.05, 4.69) is 5.32 Å². The van der Waals surface area contributed by atoms with Crippen LogP contribution >= 0.6 is 0 Å². The molecule has 3 atom stereocenters. The summed E-state index contributed by atoms with van der Waals surface area (Å²) in [5.41, 5.74) is 8.19. The van der Waals surface area contributed by atoms with Crippen molar-refractivity contribution in [2.45, 2.75) is 50.4 Å².